The van der Waals surface area contributed by atoms with Crippen LogP contribution >= 0.6 is 22.9 Å². The Labute approximate surface area is 190 Å². The number of aryl methyl sites for hydroxylation is 2. The SMILES string of the molecule is CCOC(=O)c1sc(N2CCC(NC(=O)c3nc(Cl)c(CC)[nH]3)C(OCC)C2)nc1C. The maximum absolute atomic E-state index is 12.7. The van der Waals surface area contributed by atoms with E-state index in [0.29, 0.717) is 54.9 Å². The quantitative estimate of drug-likeness (QED) is 0.572. The Morgan fingerprint density at radius 1 is 1.29 bits per heavy atom. The van der Waals surface area contributed by atoms with Gasteiger partial charge < -0.3 is 24.7 Å². The second-order valence-corrected chi connectivity index (χ2v) is 8.48. The van der Waals surface area contributed by atoms with Crippen molar-refractivity contribution in [3.8, 4) is 0 Å². The minimum absolute atomic E-state index is 0.178. The molecule has 0 bridgehead atoms. The average Bonchev–Trinajstić information content (AvgIpc) is 3.32. The van der Waals surface area contributed by atoms with Gasteiger partial charge in [-0.15, -0.1) is 0 Å². The predicted molar refractivity (Wildman–Crippen MR) is 119 cm³/mol. The number of imidazole rings is 1. The van der Waals surface area contributed by atoms with Gasteiger partial charge in [0.1, 0.15) is 4.88 Å². The van der Waals surface area contributed by atoms with Crippen molar-refractivity contribution in [1.29, 1.82) is 0 Å². The van der Waals surface area contributed by atoms with E-state index in [1.54, 1.807) is 13.8 Å². The van der Waals surface area contributed by atoms with Crippen molar-refractivity contribution in [2.24, 2.45) is 0 Å². The van der Waals surface area contributed by atoms with Crippen molar-refractivity contribution in [3.63, 3.8) is 0 Å². The summed E-state index contributed by atoms with van der Waals surface area (Å²) in [4.78, 5) is 39.1. The van der Waals surface area contributed by atoms with Gasteiger partial charge in [-0.25, -0.2) is 14.8 Å². The number of hydrogen-bond acceptors (Lipinski definition) is 8. The van der Waals surface area contributed by atoms with Gasteiger partial charge in [0, 0.05) is 19.7 Å². The average molecular weight is 470 g/mol. The first kappa shape index (κ1) is 23.5. The first-order valence-electron chi connectivity index (χ1n) is 10.4. The molecule has 11 heteroatoms. The number of esters is 1. The lowest BCUT2D eigenvalue weighted by Gasteiger charge is -2.38. The Bertz CT molecular complexity index is 931. The number of ether oxygens (including phenoxy) is 2. The molecule has 0 saturated carbocycles. The standard InChI is InChI=1S/C20H28ClN5O4S/c1-5-12-16(21)25-17(23-12)18(27)24-13-8-9-26(10-14(13)29-6-2)20-22-11(4)15(31-20)19(28)30-7-3/h13-14H,5-10H2,1-4H3,(H,23,25)(H,24,27). The third-order valence-electron chi connectivity index (χ3n) is 5.07. The highest BCUT2D eigenvalue weighted by molar-refractivity contribution is 7.17. The summed E-state index contributed by atoms with van der Waals surface area (Å²) >= 11 is 7.38. The van der Waals surface area contributed by atoms with Gasteiger partial charge in [0.05, 0.1) is 30.1 Å². The summed E-state index contributed by atoms with van der Waals surface area (Å²) < 4.78 is 11.0. The number of nitrogens with zero attached hydrogens (tertiary/aromatic N) is 3. The topological polar surface area (TPSA) is 109 Å². The zero-order valence-corrected chi connectivity index (χ0v) is 19.7. The summed E-state index contributed by atoms with van der Waals surface area (Å²) in [6.45, 7) is 9.50. The molecule has 1 saturated heterocycles. The number of halogens is 1. The van der Waals surface area contributed by atoms with Crippen LogP contribution in [0.15, 0.2) is 0 Å². The van der Waals surface area contributed by atoms with E-state index in [1.807, 2.05) is 13.8 Å². The number of anilines is 1. The lowest BCUT2D eigenvalue weighted by atomic mass is 10.0. The summed E-state index contributed by atoms with van der Waals surface area (Å²) in [7, 11) is 0. The van der Waals surface area contributed by atoms with Crippen LogP contribution in [-0.4, -0.2) is 65.3 Å². The monoisotopic (exact) mass is 469 g/mol. The highest BCUT2D eigenvalue weighted by Gasteiger charge is 2.33. The van der Waals surface area contributed by atoms with E-state index in [2.05, 4.69) is 25.2 Å². The molecule has 2 aromatic heterocycles. The maximum atomic E-state index is 12.7. The first-order valence-corrected chi connectivity index (χ1v) is 11.6. The predicted octanol–water partition coefficient (Wildman–Crippen LogP) is 2.98. The summed E-state index contributed by atoms with van der Waals surface area (Å²) in [5.74, 6) is -0.454. The Balaban J connectivity index is 1.69. The maximum Gasteiger partial charge on any atom is 0.350 e. The number of carbonyl (C=O) groups excluding carboxylic acids is 2. The first-order chi connectivity index (χ1) is 14.9. The number of thiazole rings is 1. The number of aromatic amines is 1. The molecular weight excluding hydrogens is 442 g/mol. The van der Waals surface area contributed by atoms with Gasteiger partial charge in [-0.2, -0.15) is 0 Å². The largest absolute Gasteiger partial charge is 0.462 e. The smallest absolute Gasteiger partial charge is 0.350 e. The van der Waals surface area contributed by atoms with E-state index >= 15 is 0 Å². The van der Waals surface area contributed by atoms with Crippen LogP contribution in [0.1, 0.15) is 58.9 Å². The number of aromatic nitrogens is 3. The van der Waals surface area contributed by atoms with Gasteiger partial charge in [-0.1, -0.05) is 29.9 Å². The summed E-state index contributed by atoms with van der Waals surface area (Å²) in [5, 5.41) is 4.09. The van der Waals surface area contributed by atoms with E-state index in [9.17, 15) is 9.59 Å². The molecule has 0 radical (unpaired) electrons. The fourth-order valence-electron chi connectivity index (χ4n) is 3.51. The van der Waals surface area contributed by atoms with Gasteiger partial charge in [0.15, 0.2) is 16.1 Å². The molecule has 1 aliphatic rings. The van der Waals surface area contributed by atoms with Crippen molar-refractivity contribution >= 4 is 39.9 Å². The van der Waals surface area contributed by atoms with E-state index in [1.165, 1.54) is 11.3 Å². The molecule has 2 N–H and O–H groups in total. The van der Waals surface area contributed by atoms with Crippen molar-refractivity contribution in [1.82, 2.24) is 20.3 Å². The number of nitrogens with one attached hydrogen (secondary N) is 2. The van der Waals surface area contributed by atoms with E-state index < -0.39 is 0 Å². The number of piperidine rings is 1. The van der Waals surface area contributed by atoms with Crippen LogP contribution in [0.5, 0.6) is 0 Å². The Hall–Kier alpha value is -2.17. The van der Waals surface area contributed by atoms with E-state index in [4.69, 9.17) is 21.1 Å². The van der Waals surface area contributed by atoms with E-state index in [0.717, 1.165) is 10.8 Å². The van der Waals surface area contributed by atoms with Crippen molar-refractivity contribution in [3.05, 3.63) is 27.2 Å². The third-order valence-corrected chi connectivity index (χ3v) is 6.58. The minimum atomic E-state index is -0.351. The van der Waals surface area contributed by atoms with Crippen LogP contribution in [0.25, 0.3) is 0 Å². The second-order valence-electron chi connectivity index (χ2n) is 7.15. The molecule has 2 aromatic rings. The van der Waals surface area contributed by atoms with Gasteiger partial charge in [-0.05, 0) is 33.6 Å². The summed E-state index contributed by atoms with van der Waals surface area (Å²) in [6, 6.07) is -0.178. The summed E-state index contributed by atoms with van der Waals surface area (Å²) in [5.41, 5.74) is 1.39. The molecule has 3 heterocycles. The molecule has 1 fully saturated rings. The number of hydrogen-bond donors (Lipinski definition) is 2. The molecule has 2 atom stereocenters. The highest BCUT2D eigenvalue weighted by Crippen LogP contribution is 2.29. The minimum Gasteiger partial charge on any atom is -0.462 e. The Morgan fingerprint density at radius 3 is 2.71 bits per heavy atom. The second kappa shape index (κ2) is 10.4. The van der Waals surface area contributed by atoms with Crippen LogP contribution in [0.3, 0.4) is 0 Å². The van der Waals surface area contributed by atoms with Gasteiger partial charge in [0.25, 0.3) is 5.91 Å². The normalized spacial score (nSPS) is 18.8. The van der Waals surface area contributed by atoms with Crippen LogP contribution < -0.4 is 10.2 Å². The zero-order chi connectivity index (χ0) is 22.5. The highest BCUT2D eigenvalue weighted by atomic mass is 35.5. The van der Waals surface area contributed by atoms with Crippen molar-refractivity contribution in [2.45, 2.75) is 52.7 Å². The lowest BCUT2D eigenvalue weighted by Crippen LogP contribution is -2.55. The molecule has 0 spiro atoms. The van der Waals surface area contributed by atoms with Crippen molar-refractivity contribution < 1.29 is 19.1 Å². The molecule has 0 aromatic carbocycles. The molecule has 1 amide bonds. The molecule has 3 rings (SSSR count). The third kappa shape index (κ3) is 5.36. The number of rotatable bonds is 8. The van der Waals surface area contributed by atoms with Gasteiger partial charge in [-0.3, -0.25) is 4.79 Å². The van der Waals surface area contributed by atoms with E-state index in [-0.39, 0.29) is 29.8 Å². The van der Waals surface area contributed by atoms with Crippen LogP contribution in [-0.2, 0) is 15.9 Å². The molecule has 2 unspecified atom stereocenters. The van der Waals surface area contributed by atoms with Crippen LogP contribution in [0.4, 0.5) is 5.13 Å². The molecule has 0 aliphatic carbocycles. The number of carbonyl (C=O) groups is 2. The molecule has 31 heavy (non-hydrogen) atoms. The lowest BCUT2D eigenvalue weighted by molar-refractivity contribution is 0.0271. The molecule has 9 nitrogen and oxygen atoms in total. The fraction of sp³-hybridized carbons (Fsp3) is 0.600. The van der Waals surface area contributed by atoms with Crippen LogP contribution in [0.2, 0.25) is 5.15 Å². The van der Waals surface area contributed by atoms with Gasteiger partial charge in [0.2, 0.25) is 0 Å². The van der Waals surface area contributed by atoms with Gasteiger partial charge >= 0.3 is 5.97 Å². The number of amides is 1. The Morgan fingerprint density at radius 2 is 2.06 bits per heavy atom. The van der Waals surface area contributed by atoms with Crippen molar-refractivity contribution in [2.75, 3.05) is 31.2 Å². The Kier molecular flexibility index (Phi) is 7.90. The summed E-state index contributed by atoms with van der Waals surface area (Å²) in [6.07, 6.45) is 1.10. The van der Waals surface area contributed by atoms with Crippen LogP contribution in [0, 0.1) is 6.92 Å². The fourth-order valence-corrected chi connectivity index (χ4v) is 4.77. The zero-order valence-electron chi connectivity index (χ0n) is 18.2. The molecule has 170 valence electrons. The number of H-pyrrole nitrogens is 1. The molecular formula is C20H28ClN5O4S. The molecule has 1 aliphatic heterocycles.